The van der Waals surface area contributed by atoms with Gasteiger partial charge in [-0.1, -0.05) is 30.3 Å². The largest absolute Gasteiger partial charge is 0.316 e. The van der Waals surface area contributed by atoms with Crippen LogP contribution < -0.4 is 5.32 Å². The topological polar surface area (TPSA) is 29.9 Å². The summed E-state index contributed by atoms with van der Waals surface area (Å²) in [5.74, 6) is 0.545. The fourth-order valence-corrected chi connectivity index (χ4v) is 2.97. The third-order valence-corrected chi connectivity index (χ3v) is 4.11. The van der Waals surface area contributed by atoms with Crippen molar-refractivity contribution in [3.63, 3.8) is 0 Å². The Morgan fingerprint density at radius 1 is 1.26 bits per heavy atom. The fraction of sp³-hybridized carbons (Fsp3) is 0.438. The normalized spacial score (nSPS) is 19.6. The molecule has 1 N–H and O–H groups in total. The summed E-state index contributed by atoms with van der Waals surface area (Å²) in [4.78, 5) is 0. The van der Waals surface area contributed by atoms with Crippen LogP contribution in [-0.4, -0.2) is 22.9 Å². The monoisotopic (exact) mass is 255 g/mol. The molecule has 3 nitrogen and oxygen atoms in total. The van der Waals surface area contributed by atoms with E-state index in [0.717, 1.165) is 13.1 Å². The van der Waals surface area contributed by atoms with Crippen molar-refractivity contribution >= 4 is 0 Å². The van der Waals surface area contributed by atoms with Crippen LogP contribution in [0.25, 0.3) is 11.1 Å². The number of aromatic nitrogens is 2. The van der Waals surface area contributed by atoms with Crippen molar-refractivity contribution in [1.82, 2.24) is 15.1 Å². The predicted molar refractivity (Wildman–Crippen MR) is 78.2 cm³/mol. The van der Waals surface area contributed by atoms with Gasteiger partial charge in [0, 0.05) is 30.8 Å². The molecule has 3 rings (SSSR count). The van der Waals surface area contributed by atoms with Crippen molar-refractivity contribution in [3.8, 4) is 11.1 Å². The predicted octanol–water partition coefficient (Wildman–Crippen LogP) is 2.86. The lowest BCUT2D eigenvalue weighted by atomic mass is 9.90. The zero-order valence-corrected chi connectivity index (χ0v) is 11.7. The summed E-state index contributed by atoms with van der Waals surface area (Å²) < 4.78 is 2.02. The highest BCUT2D eigenvalue weighted by Gasteiger charge is 2.24. The summed E-state index contributed by atoms with van der Waals surface area (Å²) in [6.07, 6.45) is 2.48. The van der Waals surface area contributed by atoms with Gasteiger partial charge in [0.15, 0.2) is 0 Å². The molecule has 100 valence electrons. The molecular weight excluding hydrogens is 234 g/mol. The molecule has 0 aliphatic carbocycles. The summed E-state index contributed by atoms with van der Waals surface area (Å²) in [7, 11) is 2.04. The lowest BCUT2D eigenvalue weighted by molar-refractivity contribution is 0.452. The average Bonchev–Trinajstić information content (AvgIpc) is 2.77. The van der Waals surface area contributed by atoms with Gasteiger partial charge in [0.1, 0.15) is 0 Å². The van der Waals surface area contributed by atoms with Crippen LogP contribution in [0.4, 0.5) is 0 Å². The lowest BCUT2D eigenvalue weighted by Gasteiger charge is -2.22. The zero-order valence-electron chi connectivity index (χ0n) is 11.7. The number of hydrogen-bond donors (Lipinski definition) is 1. The van der Waals surface area contributed by atoms with Crippen molar-refractivity contribution < 1.29 is 0 Å². The van der Waals surface area contributed by atoms with Crippen LogP contribution in [0.1, 0.15) is 30.1 Å². The van der Waals surface area contributed by atoms with E-state index in [1.807, 2.05) is 11.7 Å². The summed E-state index contributed by atoms with van der Waals surface area (Å²) in [5.41, 5.74) is 5.13. The maximum atomic E-state index is 4.79. The molecule has 1 aliphatic heterocycles. The zero-order chi connectivity index (χ0) is 13.2. The molecule has 0 amide bonds. The Labute approximate surface area is 114 Å². The van der Waals surface area contributed by atoms with Gasteiger partial charge in [-0.15, -0.1) is 0 Å². The highest BCUT2D eigenvalue weighted by atomic mass is 15.3. The maximum Gasteiger partial charge on any atom is 0.0749 e. The minimum Gasteiger partial charge on any atom is -0.316 e. The average molecular weight is 255 g/mol. The number of nitrogens with zero attached hydrogens (tertiary/aromatic N) is 2. The Balaban J connectivity index is 2.07. The first-order valence-electron chi connectivity index (χ1n) is 7.07. The Bertz CT molecular complexity index is 551. The van der Waals surface area contributed by atoms with Crippen molar-refractivity contribution in [1.29, 1.82) is 0 Å². The van der Waals surface area contributed by atoms with Crippen LogP contribution in [0.15, 0.2) is 30.3 Å². The summed E-state index contributed by atoms with van der Waals surface area (Å²) >= 11 is 0. The van der Waals surface area contributed by atoms with E-state index in [-0.39, 0.29) is 0 Å². The molecule has 1 aliphatic rings. The molecule has 0 bridgehead atoms. The van der Waals surface area contributed by atoms with Gasteiger partial charge in [-0.05, 0) is 31.9 Å². The number of nitrogens with one attached hydrogen (secondary N) is 1. The summed E-state index contributed by atoms with van der Waals surface area (Å²) in [6, 6.07) is 10.6. The third-order valence-electron chi connectivity index (χ3n) is 4.11. The van der Waals surface area contributed by atoms with Gasteiger partial charge in [0.05, 0.1) is 5.69 Å². The number of hydrogen-bond acceptors (Lipinski definition) is 2. The van der Waals surface area contributed by atoms with Crippen LogP contribution in [0, 0.1) is 6.92 Å². The van der Waals surface area contributed by atoms with E-state index in [2.05, 4.69) is 42.6 Å². The Kier molecular flexibility index (Phi) is 3.38. The van der Waals surface area contributed by atoms with E-state index in [4.69, 9.17) is 5.10 Å². The first kappa shape index (κ1) is 12.4. The van der Waals surface area contributed by atoms with Crippen molar-refractivity contribution in [2.75, 3.05) is 13.1 Å². The van der Waals surface area contributed by atoms with Gasteiger partial charge in [0.25, 0.3) is 0 Å². The van der Waals surface area contributed by atoms with Crippen molar-refractivity contribution in [3.05, 3.63) is 41.7 Å². The Morgan fingerprint density at radius 2 is 2.05 bits per heavy atom. The van der Waals surface area contributed by atoms with E-state index in [1.165, 1.54) is 35.4 Å². The van der Waals surface area contributed by atoms with E-state index in [0.29, 0.717) is 5.92 Å². The molecule has 3 heteroatoms. The Hall–Kier alpha value is -1.61. The van der Waals surface area contributed by atoms with Crippen molar-refractivity contribution in [2.45, 2.75) is 25.7 Å². The lowest BCUT2D eigenvalue weighted by Crippen LogP contribution is -2.28. The first-order valence-corrected chi connectivity index (χ1v) is 7.07. The van der Waals surface area contributed by atoms with Crippen LogP contribution in [0.5, 0.6) is 0 Å². The molecule has 0 saturated carbocycles. The molecular formula is C16H21N3. The molecule has 1 saturated heterocycles. The number of aryl methyl sites for hydroxylation is 1. The van der Waals surface area contributed by atoms with Gasteiger partial charge in [-0.3, -0.25) is 4.68 Å². The van der Waals surface area contributed by atoms with Gasteiger partial charge in [-0.2, -0.15) is 5.10 Å². The second-order valence-electron chi connectivity index (χ2n) is 5.38. The molecule has 1 aromatic heterocycles. The Morgan fingerprint density at radius 3 is 2.74 bits per heavy atom. The molecule has 2 heterocycles. The van der Waals surface area contributed by atoms with Gasteiger partial charge >= 0.3 is 0 Å². The fourth-order valence-electron chi connectivity index (χ4n) is 2.97. The molecule has 1 fully saturated rings. The molecule has 19 heavy (non-hydrogen) atoms. The quantitative estimate of drug-likeness (QED) is 0.894. The highest BCUT2D eigenvalue weighted by Crippen LogP contribution is 2.34. The standard InChI is InChI=1S/C16H21N3/c1-12-15(13-7-4-3-5-8-13)16(18-19(12)2)14-9-6-10-17-11-14/h3-5,7-8,14,17H,6,9-11H2,1-2H3. The van der Waals surface area contributed by atoms with E-state index >= 15 is 0 Å². The highest BCUT2D eigenvalue weighted by molar-refractivity contribution is 5.69. The molecule has 1 atom stereocenters. The van der Waals surface area contributed by atoms with Crippen LogP contribution >= 0.6 is 0 Å². The summed E-state index contributed by atoms with van der Waals surface area (Å²) in [5, 5.41) is 8.28. The second kappa shape index (κ2) is 5.17. The third kappa shape index (κ3) is 2.30. The van der Waals surface area contributed by atoms with Gasteiger partial charge in [-0.25, -0.2) is 0 Å². The number of benzene rings is 1. The van der Waals surface area contributed by atoms with Gasteiger partial charge in [0.2, 0.25) is 0 Å². The number of piperidine rings is 1. The second-order valence-corrected chi connectivity index (χ2v) is 5.38. The smallest absolute Gasteiger partial charge is 0.0749 e. The maximum absolute atomic E-state index is 4.79. The van der Waals surface area contributed by atoms with Crippen molar-refractivity contribution in [2.24, 2.45) is 7.05 Å². The SMILES string of the molecule is Cc1c(-c2ccccc2)c(C2CCCNC2)nn1C. The molecule has 1 aromatic carbocycles. The molecule has 0 spiro atoms. The molecule has 1 unspecified atom stereocenters. The summed E-state index contributed by atoms with van der Waals surface area (Å²) in [6.45, 7) is 4.36. The minimum atomic E-state index is 0.545. The molecule has 0 radical (unpaired) electrons. The number of rotatable bonds is 2. The molecule has 2 aromatic rings. The first-order chi connectivity index (χ1) is 9.27. The van der Waals surface area contributed by atoms with Crippen LogP contribution in [0.2, 0.25) is 0 Å². The van der Waals surface area contributed by atoms with Crippen LogP contribution in [0.3, 0.4) is 0 Å². The van der Waals surface area contributed by atoms with Crippen LogP contribution in [-0.2, 0) is 7.05 Å². The van der Waals surface area contributed by atoms with E-state index in [1.54, 1.807) is 0 Å². The van der Waals surface area contributed by atoms with E-state index < -0.39 is 0 Å². The van der Waals surface area contributed by atoms with Gasteiger partial charge < -0.3 is 5.32 Å². The minimum absolute atomic E-state index is 0.545. The van der Waals surface area contributed by atoms with E-state index in [9.17, 15) is 0 Å².